The van der Waals surface area contributed by atoms with E-state index >= 15 is 0 Å². The van der Waals surface area contributed by atoms with Crippen molar-refractivity contribution >= 4 is 21.8 Å². The molecule has 1 aromatic rings. The molecule has 0 aliphatic heterocycles. The molecular formula is C9H16N4O4S. The molecule has 0 fully saturated rings. The SMILES string of the molecule is CCOC(=O)CN(CC)S(=O)(=O)c1cn[nH]c1N. The Morgan fingerprint density at radius 1 is 1.56 bits per heavy atom. The lowest BCUT2D eigenvalue weighted by atomic mass is 10.6. The molecule has 0 aliphatic carbocycles. The Morgan fingerprint density at radius 3 is 2.67 bits per heavy atom. The largest absolute Gasteiger partial charge is 0.465 e. The summed E-state index contributed by atoms with van der Waals surface area (Å²) in [4.78, 5) is 11.2. The van der Waals surface area contributed by atoms with Gasteiger partial charge in [0.15, 0.2) is 0 Å². The van der Waals surface area contributed by atoms with Gasteiger partial charge in [-0.15, -0.1) is 0 Å². The summed E-state index contributed by atoms with van der Waals surface area (Å²) in [5.74, 6) is -0.665. The summed E-state index contributed by atoms with van der Waals surface area (Å²) in [6.45, 7) is 3.25. The molecule has 1 heterocycles. The topological polar surface area (TPSA) is 118 Å². The highest BCUT2D eigenvalue weighted by atomic mass is 32.2. The van der Waals surface area contributed by atoms with E-state index in [-0.39, 0.29) is 30.4 Å². The number of hydrogen-bond donors (Lipinski definition) is 2. The first kappa shape index (κ1) is 14.5. The number of aromatic nitrogens is 2. The van der Waals surface area contributed by atoms with Gasteiger partial charge in [-0.05, 0) is 6.92 Å². The average molecular weight is 276 g/mol. The number of nitrogens with zero attached hydrogens (tertiary/aromatic N) is 2. The molecule has 0 bridgehead atoms. The number of esters is 1. The third-order valence-corrected chi connectivity index (χ3v) is 4.16. The van der Waals surface area contributed by atoms with E-state index in [1.807, 2.05) is 0 Å². The molecule has 102 valence electrons. The fraction of sp³-hybridized carbons (Fsp3) is 0.556. The summed E-state index contributed by atoms with van der Waals surface area (Å²) >= 11 is 0. The van der Waals surface area contributed by atoms with Gasteiger partial charge in [0.05, 0.1) is 12.8 Å². The average Bonchev–Trinajstić information content (AvgIpc) is 2.73. The van der Waals surface area contributed by atoms with Gasteiger partial charge in [0.25, 0.3) is 0 Å². The second-order valence-corrected chi connectivity index (χ2v) is 5.29. The van der Waals surface area contributed by atoms with Crippen LogP contribution in [0, 0.1) is 0 Å². The molecule has 0 saturated carbocycles. The van der Waals surface area contributed by atoms with E-state index < -0.39 is 16.0 Å². The van der Waals surface area contributed by atoms with Crippen molar-refractivity contribution in [2.45, 2.75) is 18.7 Å². The molecule has 0 aromatic carbocycles. The van der Waals surface area contributed by atoms with Crippen LogP contribution < -0.4 is 5.73 Å². The minimum Gasteiger partial charge on any atom is -0.465 e. The lowest BCUT2D eigenvalue weighted by molar-refractivity contribution is -0.143. The lowest BCUT2D eigenvalue weighted by Gasteiger charge is -2.18. The van der Waals surface area contributed by atoms with Gasteiger partial charge in [0, 0.05) is 6.54 Å². The molecule has 0 unspecified atom stereocenters. The van der Waals surface area contributed by atoms with Crippen LogP contribution in [0.3, 0.4) is 0 Å². The third-order valence-electron chi connectivity index (χ3n) is 2.21. The van der Waals surface area contributed by atoms with Crippen LogP contribution in [0.1, 0.15) is 13.8 Å². The first-order valence-corrected chi connectivity index (χ1v) is 6.82. The Kier molecular flexibility index (Phi) is 4.68. The van der Waals surface area contributed by atoms with Crippen LogP contribution >= 0.6 is 0 Å². The zero-order chi connectivity index (χ0) is 13.8. The summed E-state index contributed by atoms with van der Waals surface area (Å²) in [6.07, 6.45) is 1.11. The number of H-pyrrole nitrogens is 1. The minimum absolute atomic E-state index is 0.0580. The number of sulfonamides is 1. The summed E-state index contributed by atoms with van der Waals surface area (Å²) in [5, 5.41) is 5.89. The quantitative estimate of drug-likeness (QED) is 0.680. The van der Waals surface area contributed by atoms with Gasteiger partial charge < -0.3 is 10.5 Å². The highest BCUT2D eigenvalue weighted by Crippen LogP contribution is 2.19. The van der Waals surface area contributed by atoms with Gasteiger partial charge in [-0.1, -0.05) is 6.92 Å². The molecule has 1 rings (SSSR count). The number of carbonyl (C=O) groups excluding carboxylic acids is 1. The molecule has 0 amide bonds. The number of aromatic amines is 1. The Labute approximate surface area is 105 Å². The van der Waals surface area contributed by atoms with Crippen molar-refractivity contribution in [3.8, 4) is 0 Å². The number of ether oxygens (including phenoxy) is 1. The van der Waals surface area contributed by atoms with Crippen molar-refractivity contribution < 1.29 is 17.9 Å². The van der Waals surface area contributed by atoms with E-state index in [0.29, 0.717) is 0 Å². The van der Waals surface area contributed by atoms with Crippen molar-refractivity contribution in [1.82, 2.24) is 14.5 Å². The number of nitrogen functional groups attached to an aromatic ring is 1. The third kappa shape index (κ3) is 2.99. The van der Waals surface area contributed by atoms with Crippen LogP contribution in [0.5, 0.6) is 0 Å². The van der Waals surface area contributed by atoms with Crippen LogP contribution in [0.4, 0.5) is 5.82 Å². The van der Waals surface area contributed by atoms with Crippen LogP contribution in [-0.2, 0) is 19.6 Å². The molecule has 0 spiro atoms. The number of carbonyl (C=O) groups is 1. The number of nitrogens with one attached hydrogen (secondary N) is 1. The molecule has 9 heteroatoms. The van der Waals surface area contributed by atoms with Crippen LogP contribution in [0.25, 0.3) is 0 Å². The Morgan fingerprint density at radius 2 is 2.22 bits per heavy atom. The van der Waals surface area contributed by atoms with Gasteiger partial charge in [-0.25, -0.2) is 8.42 Å². The van der Waals surface area contributed by atoms with E-state index in [1.54, 1.807) is 13.8 Å². The summed E-state index contributed by atoms with van der Waals surface area (Å²) in [5.41, 5.74) is 5.47. The Balaban J connectivity index is 2.95. The van der Waals surface area contributed by atoms with Gasteiger partial charge in [0.1, 0.15) is 17.3 Å². The van der Waals surface area contributed by atoms with Crippen molar-refractivity contribution in [3.05, 3.63) is 6.20 Å². The van der Waals surface area contributed by atoms with Crippen LogP contribution in [0.15, 0.2) is 11.1 Å². The van der Waals surface area contributed by atoms with Gasteiger partial charge >= 0.3 is 5.97 Å². The lowest BCUT2D eigenvalue weighted by Crippen LogP contribution is -2.36. The molecule has 0 aliphatic rings. The monoisotopic (exact) mass is 276 g/mol. The maximum atomic E-state index is 12.2. The molecule has 3 N–H and O–H groups in total. The zero-order valence-corrected chi connectivity index (χ0v) is 11.0. The smallest absolute Gasteiger partial charge is 0.321 e. The van der Waals surface area contributed by atoms with Crippen molar-refractivity contribution in [2.24, 2.45) is 0 Å². The number of anilines is 1. The molecular weight excluding hydrogens is 260 g/mol. The number of nitrogens with two attached hydrogens (primary N) is 1. The number of hydrogen-bond acceptors (Lipinski definition) is 6. The molecule has 1 aromatic heterocycles. The summed E-state index contributed by atoms with van der Waals surface area (Å²) < 4.78 is 30.0. The van der Waals surface area contributed by atoms with Gasteiger partial charge in [0.2, 0.25) is 10.0 Å². The number of likely N-dealkylation sites (N-methyl/N-ethyl adjacent to an activating group) is 1. The van der Waals surface area contributed by atoms with Gasteiger partial charge in [-0.3, -0.25) is 9.89 Å². The second kappa shape index (κ2) is 5.83. The zero-order valence-electron chi connectivity index (χ0n) is 10.2. The maximum absolute atomic E-state index is 12.2. The Hall–Kier alpha value is -1.61. The summed E-state index contributed by atoms with van der Waals surface area (Å²) in [6, 6.07) is 0. The van der Waals surface area contributed by atoms with E-state index in [4.69, 9.17) is 10.5 Å². The van der Waals surface area contributed by atoms with Crippen LogP contribution in [0.2, 0.25) is 0 Å². The Bertz CT molecular complexity index is 510. The van der Waals surface area contributed by atoms with Crippen molar-refractivity contribution in [3.63, 3.8) is 0 Å². The second-order valence-electron chi connectivity index (χ2n) is 3.38. The van der Waals surface area contributed by atoms with Crippen LogP contribution in [-0.4, -0.2) is 48.6 Å². The molecule has 0 atom stereocenters. The standard InChI is InChI=1S/C9H16N4O4S/c1-3-13(6-8(14)17-4-2)18(15,16)7-5-11-12-9(7)10/h5H,3-4,6H2,1-2H3,(H3,10,11,12). The highest BCUT2D eigenvalue weighted by Gasteiger charge is 2.28. The fourth-order valence-corrected chi connectivity index (χ4v) is 2.75. The molecule has 8 nitrogen and oxygen atoms in total. The predicted molar refractivity (Wildman–Crippen MR) is 64.1 cm³/mol. The summed E-state index contributed by atoms with van der Waals surface area (Å²) in [7, 11) is -3.84. The first-order chi connectivity index (χ1) is 8.43. The fourth-order valence-electron chi connectivity index (χ4n) is 1.35. The van der Waals surface area contributed by atoms with E-state index in [2.05, 4.69) is 10.2 Å². The maximum Gasteiger partial charge on any atom is 0.321 e. The van der Waals surface area contributed by atoms with Crippen molar-refractivity contribution in [2.75, 3.05) is 25.4 Å². The van der Waals surface area contributed by atoms with E-state index in [1.165, 1.54) is 0 Å². The molecule has 0 radical (unpaired) electrons. The normalized spacial score (nSPS) is 11.7. The molecule has 18 heavy (non-hydrogen) atoms. The van der Waals surface area contributed by atoms with Crippen molar-refractivity contribution in [1.29, 1.82) is 0 Å². The first-order valence-electron chi connectivity index (χ1n) is 5.38. The minimum atomic E-state index is -3.84. The van der Waals surface area contributed by atoms with Gasteiger partial charge in [-0.2, -0.15) is 9.40 Å². The molecule has 0 saturated heterocycles. The predicted octanol–water partition coefficient (Wildman–Crippen LogP) is -0.434. The number of rotatable bonds is 6. The van der Waals surface area contributed by atoms with E-state index in [9.17, 15) is 13.2 Å². The highest BCUT2D eigenvalue weighted by molar-refractivity contribution is 7.89. The van der Waals surface area contributed by atoms with E-state index in [0.717, 1.165) is 10.5 Å².